The van der Waals surface area contributed by atoms with E-state index >= 15 is 0 Å². The number of hydrogen-bond donors (Lipinski definition) is 2. The fourth-order valence-electron chi connectivity index (χ4n) is 3.78. The molecule has 1 aromatic carbocycles. The van der Waals surface area contributed by atoms with Crippen LogP contribution >= 0.6 is 0 Å². The lowest BCUT2D eigenvalue weighted by Gasteiger charge is -2.21. The highest BCUT2D eigenvalue weighted by Gasteiger charge is 2.21. The van der Waals surface area contributed by atoms with Crippen LogP contribution in [0.15, 0.2) is 42.9 Å². The molecule has 4 rings (SSSR count). The number of anilines is 1. The minimum absolute atomic E-state index is 0.159. The summed E-state index contributed by atoms with van der Waals surface area (Å²) in [6, 6.07) is 8.50. The third kappa shape index (κ3) is 4.77. The number of hydrogen-bond acceptors (Lipinski definition) is 6. The summed E-state index contributed by atoms with van der Waals surface area (Å²) in [7, 11) is 0. The zero-order chi connectivity index (χ0) is 20.2. The van der Waals surface area contributed by atoms with E-state index in [4.69, 9.17) is 0 Å². The minimum atomic E-state index is 0.159. The van der Waals surface area contributed by atoms with Gasteiger partial charge in [0.2, 0.25) is 0 Å². The maximum absolute atomic E-state index is 12.6. The first-order valence-electron chi connectivity index (χ1n) is 10.3. The smallest absolute Gasteiger partial charge is 0.145 e. The van der Waals surface area contributed by atoms with Crippen molar-refractivity contribution >= 4 is 22.4 Å². The molecular formula is C23H27N5O. The van der Waals surface area contributed by atoms with Crippen LogP contribution in [-0.4, -0.2) is 39.9 Å². The lowest BCUT2D eigenvalue weighted by atomic mass is 9.91. The number of benzene rings is 1. The van der Waals surface area contributed by atoms with Crippen molar-refractivity contribution in [2.75, 3.05) is 18.4 Å². The van der Waals surface area contributed by atoms with Gasteiger partial charge < -0.3 is 10.6 Å². The average molecular weight is 390 g/mol. The van der Waals surface area contributed by atoms with Gasteiger partial charge in [0.05, 0.1) is 18.1 Å². The summed E-state index contributed by atoms with van der Waals surface area (Å²) in [5.74, 6) is 1.22. The summed E-state index contributed by atoms with van der Waals surface area (Å²) < 4.78 is 0. The molecular weight excluding hydrogens is 362 g/mol. The quantitative estimate of drug-likeness (QED) is 0.670. The molecule has 150 valence electrons. The molecule has 0 atom stereocenters. The Morgan fingerprint density at radius 3 is 2.76 bits per heavy atom. The van der Waals surface area contributed by atoms with Gasteiger partial charge in [-0.2, -0.15) is 0 Å². The van der Waals surface area contributed by atoms with Crippen LogP contribution in [-0.2, 0) is 11.2 Å². The normalized spacial score (nSPS) is 15.0. The van der Waals surface area contributed by atoms with Gasteiger partial charge in [-0.05, 0) is 57.3 Å². The lowest BCUT2D eigenvalue weighted by Crippen LogP contribution is -2.32. The van der Waals surface area contributed by atoms with E-state index in [1.54, 1.807) is 12.4 Å². The van der Waals surface area contributed by atoms with Crippen LogP contribution in [0.1, 0.15) is 32.4 Å². The number of nitrogens with zero attached hydrogens (tertiary/aromatic N) is 3. The molecule has 0 aliphatic carbocycles. The fraction of sp³-hybridized carbons (Fsp3) is 0.391. The van der Waals surface area contributed by atoms with Crippen LogP contribution in [0.5, 0.6) is 0 Å². The van der Waals surface area contributed by atoms with E-state index in [0.29, 0.717) is 18.2 Å². The van der Waals surface area contributed by atoms with Crippen molar-refractivity contribution in [3.8, 4) is 11.3 Å². The largest absolute Gasteiger partial charge is 0.367 e. The Morgan fingerprint density at radius 1 is 1.14 bits per heavy atom. The minimum Gasteiger partial charge on any atom is -0.367 e. The Morgan fingerprint density at radius 2 is 1.97 bits per heavy atom. The average Bonchev–Trinajstić information content (AvgIpc) is 2.73. The number of piperidine rings is 1. The molecule has 6 nitrogen and oxygen atoms in total. The number of pyridine rings is 1. The number of carbonyl (C=O) groups excluding carboxylic acids is 1. The number of rotatable bonds is 6. The summed E-state index contributed by atoms with van der Waals surface area (Å²) in [6.45, 7) is 6.00. The number of carbonyl (C=O) groups is 1. The van der Waals surface area contributed by atoms with Gasteiger partial charge in [-0.1, -0.05) is 12.1 Å². The van der Waals surface area contributed by atoms with Crippen molar-refractivity contribution in [1.29, 1.82) is 0 Å². The number of ketones is 1. The van der Waals surface area contributed by atoms with Gasteiger partial charge in [0.25, 0.3) is 0 Å². The summed E-state index contributed by atoms with van der Waals surface area (Å²) in [5.41, 5.74) is 2.65. The van der Waals surface area contributed by atoms with Gasteiger partial charge in [0.1, 0.15) is 11.6 Å². The highest BCUT2D eigenvalue weighted by Crippen LogP contribution is 2.24. The zero-order valence-electron chi connectivity index (χ0n) is 17.0. The second kappa shape index (κ2) is 8.66. The predicted octanol–water partition coefficient (Wildman–Crippen LogP) is 3.62. The highest BCUT2D eigenvalue weighted by molar-refractivity contribution is 5.88. The zero-order valence-corrected chi connectivity index (χ0v) is 17.0. The molecule has 3 aromatic rings. The maximum Gasteiger partial charge on any atom is 0.145 e. The molecule has 0 bridgehead atoms. The Labute approximate surface area is 171 Å². The Bertz CT molecular complexity index is 1010. The lowest BCUT2D eigenvalue weighted by molar-refractivity contribution is -0.123. The van der Waals surface area contributed by atoms with Gasteiger partial charge in [-0.15, -0.1) is 0 Å². The standard InChI is InChI=1S/C23H27N5O/c1-15(2)27-23-14-25-13-21(28-23)17-3-4-18-12-26-20(10-19(18)9-17)11-22(29)16-5-7-24-8-6-16/h3-4,9-10,12-16,24H,5-8,11H2,1-2H3,(H,27,28). The molecule has 0 saturated carbocycles. The van der Waals surface area contributed by atoms with Crippen LogP contribution in [0.4, 0.5) is 5.82 Å². The number of aromatic nitrogens is 3. The van der Waals surface area contributed by atoms with E-state index in [9.17, 15) is 4.79 Å². The third-order valence-corrected chi connectivity index (χ3v) is 5.30. The van der Waals surface area contributed by atoms with Crippen LogP contribution < -0.4 is 10.6 Å². The molecule has 2 N–H and O–H groups in total. The first kappa shape index (κ1) is 19.5. The molecule has 1 aliphatic heterocycles. The molecule has 0 spiro atoms. The van der Waals surface area contributed by atoms with E-state index in [-0.39, 0.29) is 5.92 Å². The highest BCUT2D eigenvalue weighted by atomic mass is 16.1. The van der Waals surface area contributed by atoms with E-state index in [1.807, 2.05) is 24.4 Å². The molecule has 0 amide bonds. The molecule has 0 unspecified atom stereocenters. The Hall–Kier alpha value is -2.86. The number of fused-ring (bicyclic) bond motifs is 1. The number of nitrogens with one attached hydrogen (secondary N) is 2. The van der Waals surface area contributed by atoms with Gasteiger partial charge in [0.15, 0.2) is 0 Å². The van der Waals surface area contributed by atoms with Crippen molar-refractivity contribution in [1.82, 2.24) is 20.3 Å². The summed E-state index contributed by atoms with van der Waals surface area (Å²) in [4.78, 5) is 26.1. The molecule has 29 heavy (non-hydrogen) atoms. The van der Waals surface area contributed by atoms with Crippen molar-refractivity contribution in [3.63, 3.8) is 0 Å². The van der Waals surface area contributed by atoms with Crippen molar-refractivity contribution in [3.05, 3.63) is 48.5 Å². The van der Waals surface area contributed by atoms with Crippen molar-refractivity contribution in [2.24, 2.45) is 5.92 Å². The van der Waals surface area contributed by atoms with E-state index in [2.05, 4.69) is 45.5 Å². The van der Waals surface area contributed by atoms with Crippen molar-refractivity contribution < 1.29 is 4.79 Å². The van der Waals surface area contributed by atoms with E-state index < -0.39 is 0 Å². The summed E-state index contributed by atoms with van der Waals surface area (Å²) >= 11 is 0. The first-order chi connectivity index (χ1) is 14.1. The van der Waals surface area contributed by atoms with Gasteiger partial charge in [-0.3, -0.25) is 14.8 Å². The van der Waals surface area contributed by atoms with Crippen LogP contribution in [0.3, 0.4) is 0 Å². The van der Waals surface area contributed by atoms with Crippen LogP contribution in [0.2, 0.25) is 0 Å². The van der Waals surface area contributed by atoms with Crippen molar-refractivity contribution in [2.45, 2.75) is 39.2 Å². The Balaban J connectivity index is 1.57. The predicted molar refractivity (Wildman–Crippen MR) is 116 cm³/mol. The van der Waals surface area contributed by atoms with Gasteiger partial charge in [-0.25, -0.2) is 4.98 Å². The third-order valence-electron chi connectivity index (χ3n) is 5.30. The monoisotopic (exact) mass is 389 g/mol. The number of Topliss-reactive ketones (excluding diaryl/α,β-unsaturated/α-hetero) is 1. The molecule has 0 radical (unpaired) electrons. The summed E-state index contributed by atoms with van der Waals surface area (Å²) in [5, 5.41) is 8.72. The molecule has 3 heterocycles. The summed E-state index contributed by atoms with van der Waals surface area (Å²) in [6.07, 6.45) is 7.62. The second-order valence-corrected chi connectivity index (χ2v) is 7.99. The Kier molecular flexibility index (Phi) is 5.81. The van der Waals surface area contributed by atoms with E-state index in [0.717, 1.165) is 59.5 Å². The molecule has 1 aliphatic rings. The molecule has 1 fully saturated rings. The van der Waals surface area contributed by atoms with Crippen LogP contribution in [0.25, 0.3) is 22.0 Å². The first-order valence-corrected chi connectivity index (χ1v) is 10.3. The SMILES string of the molecule is CC(C)Nc1cncc(-c2ccc3cnc(CC(=O)C4CCNCC4)cc3c2)n1. The van der Waals surface area contributed by atoms with Gasteiger partial charge >= 0.3 is 0 Å². The molecule has 2 aromatic heterocycles. The molecule has 6 heteroatoms. The van der Waals surface area contributed by atoms with Crippen LogP contribution in [0, 0.1) is 5.92 Å². The second-order valence-electron chi connectivity index (χ2n) is 7.99. The maximum atomic E-state index is 12.6. The molecule has 1 saturated heterocycles. The topological polar surface area (TPSA) is 79.8 Å². The fourth-order valence-corrected chi connectivity index (χ4v) is 3.78. The van der Waals surface area contributed by atoms with E-state index in [1.165, 1.54) is 0 Å². The van der Waals surface area contributed by atoms with Gasteiger partial charge in [0, 0.05) is 41.2 Å².